The lowest BCUT2D eigenvalue weighted by molar-refractivity contribution is 0.0922. The first-order valence-corrected chi connectivity index (χ1v) is 8.43. The lowest BCUT2D eigenvalue weighted by Crippen LogP contribution is -2.36. The SMILES string of the molecule is COc1ccccc1Nc1ccnc(C(=O)NC2CCCCC2)c1. The highest BCUT2D eigenvalue weighted by atomic mass is 16.5. The number of para-hydroxylation sites is 2. The zero-order chi connectivity index (χ0) is 16.8. The van der Waals surface area contributed by atoms with Crippen molar-refractivity contribution < 1.29 is 9.53 Å². The van der Waals surface area contributed by atoms with E-state index < -0.39 is 0 Å². The van der Waals surface area contributed by atoms with Gasteiger partial charge in [-0.15, -0.1) is 0 Å². The number of benzene rings is 1. The van der Waals surface area contributed by atoms with E-state index in [1.54, 1.807) is 19.4 Å². The van der Waals surface area contributed by atoms with Gasteiger partial charge in [-0.3, -0.25) is 9.78 Å². The molecule has 126 valence electrons. The molecule has 0 radical (unpaired) electrons. The second-order valence-corrected chi connectivity index (χ2v) is 6.06. The summed E-state index contributed by atoms with van der Waals surface area (Å²) in [5, 5.41) is 6.37. The Kier molecular flexibility index (Phi) is 5.31. The second kappa shape index (κ2) is 7.81. The summed E-state index contributed by atoms with van der Waals surface area (Å²) in [4.78, 5) is 16.6. The van der Waals surface area contributed by atoms with Gasteiger partial charge in [0.25, 0.3) is 5.91 Å². The standard InChI is InChI=1S/C19H23N3O2/c1-24-18-10-6-5-9-16(18)21-15-11-12-20-17(13-15)19(23)22-14-7-3-2-4-8-14/h5-6,9-14H,2-4,7-8H2,1H3,(H,20,21)(H,22,23). The lowest BCUT2D eigenvalue weighted by Gasteiger charge is -2.22. The van der Waals surface area contributed by atoms with Crippen LogP contribution in [-0.4, -0.2) is 24.0 Å². The third-order valence-electron chi connectivity index (χ3n) is 4.32. The average Bonchev–Trinajstić information content (AvgIpc) is 2.63. The van der Waals surface area contributed by atoms with Gasteiger partial charge in [-0.2, -0.15) is 0 Å². The maximum absolute atomic E-state index is 12.4. The number of carbonyl (C=O) groups excluding carboxylic acids is 1. The van der Waals surface area contributed by atoms with Crippen molar-refractivity contribution in [2.75, 3.05) is 12.4 Å². The molecule has 5 nitrogen and oxygen atoms in total. The summed E-state index contributed by atoms with van der Waals surface area (Å²) in [6, 6.07) is 11.6. The quantitative estimate of drug-likeness (QED) is 0.875. The molecule has 0 atom stereocenters. The van der Waals surface area contributed by atoms with Gasteiger partial charge in [-0.25, -0.2) is 0 Å². The summed E-state index contributed by atoms with van der Waals surface area (Å²) < 4.78 is 5.34. The van der Waals surface area contributed by atoms with E-state index in [4.69, 9.17) is 4.74 Å². The topological polar surface area (TPSA) is 63.2 Å². The summed E-state index contributed by atoms with van der Waals surface area (Å²) >= 11 is 0. The second-order valence-electron chi connectivity index (χ2n) is 6.06. The van der Waals surface area contributed by atoms with Crippen LogP contribution in [0.5, 0.6) is 5.75 Å². The van der Waals surface area contributed by atoms with Crippen LogP contribution in [0, 0.1) is 0 Å². The van der Waals surface area contributed by atoms with Crippen LogP contribution >= 0.6 is 0 Å². The fourth-order valence-corrected chi connectivity index (χ4v) is 3.04. The minimum Gasteiger partial charge on any atom is -0.495 e. The Morgan fingerprint density at radius 3 is 2.75 bits per heavy atom. The van der Waals surface area contributed by atoms with Gasteiger partial charge < -0.3 is 15.4 Å². The molecule has 5 heteroatoms. The Hall–Kier alpha value is -2.56. The number of aromatic nitrogens is 1. The van der Waals surface area contributed by atoms with E-state index in [0.29, 0.717) is 5.69 Å². The molecule has 3 rings (SSSR count). The van der Waals surface area contributed by atoms with Gasteiger partial charge in [0.2, 0.25) is 0 Å². The molecule has 1 amide bonds. The Bertz CT molecular complexity index is 697. The van der Waals surface area contributed by atoms with E-state index in [1.807, 2.05) is 30.3 Å². The molecular weight excluding hydrogens is 302 g/mol. The van der Waals surface area contributed by atoms with E-state index in [1.165, 1.54) is 19.3 Å². The molecule has 0 spiro atoms. The maximum Gasteiger partial charge on any atom is 0.270 e. The number of anilines is 2. The highest BCUT2D eigenvalue weighted by molar-refractivity contribution is 5.93. The van der Waals surface area contributed by atoms with Crippen LogP contribution in [0.15, 0.2) is 42.6 Å². The van der Waals surface area contributed by atoms with Crippen LogP contribution in [0.4, 0.5) is 11.4 Å². The smallest absolute Gasteiger partial charge is 0.270 e. The van der Waals surface area contributed by atoms with Crippen molar-refractivity contribution in [3.8, 4) is 5.75 Å². The molecule has 1 aliphatic carbocycles. The van der Waals surface area contributed by atoms with Crippen LogP contribution in [0.1, 0.15) is 42.6 Å². The molecule has 1 aromatic heterocycles. The molecule has 1 heterocycles. The molecule has 1 fully saturated rings. The number of rotatable bonds is 5. The number of hydrogen-bond donors (Lipinski definition) is 2. The number of pyridine rings is 1. The van der Waals surface area contributed by atoms with Crippen molar-refractivity contribution in [1.82, 2.24) is 10.3 Å². The average molecular weight is 325 g/mol. The number of carbonyl (C=O) groups is 1. The first-order chi connectivity index (χ1) is 11.8. The van der Waals surface area contributed by atoms with Crippen molar-refractivity contribution in [2.24, 2.45) is 0 Å². The van der Waals surface area contributed by atoms with Crippen molar-refractivity contribution >= 4 is 17.3 Å². The molecule has 0 bridgehead atoms. The maximum atomic E-state index is 12.4. The van der Waals surface area contributed by atoms with Gasteiger partial charge in [0.1, 0.15) is 11.4 Å². The Morgan fingerprint density at radius 2 is 1.96 bits per heavy atom. The summed E-state index contributed by atoms with van der Waals surface area (Å²) in [6.45, 7) is 0. The molecule has 0 unspecified atom stereocenters. The Balaban J connectivity index is 1.70. The minimum absolute atomic E-state index is 0.106. The Labute approximate surface area is 142 Å². The van der Waals surface area contributed by atoms with Gasteiger partial charge in [-0.1, -0.05) is 31.4 Å². The van der Waals surface area contributed by atoms with E-state index in [9.17, 15) is 4.79 Å². The number of nitrogens with zero attached hydrogens (tertiary/aromatic N) is 1. The molecule has 24 heavy (non-hydrogen) atoms. The summed E-state index contributed by atoms with van der Waals surface area (Å²) in [5.74, 6) is 0.646. The first kappa shape index (κ1) is 16.3. The van der Waals surface area contributed by atoms with Crippen LogP contribution in [0.2, 0.25) is 0 Å². The molecule has 2 N–H and O–H groups in total. The fourth-order valence-electron chi connectivity index (χ4n) is 3.04. The zero-order valence-electron chi connectivity index (χ0n) is 13.9. The van der Waals surface area contributed by atoms with E-state index in [0.717, 1.165) is 30.0 Å². The summed E-state index contributed by atoms with van der Waals surface area (Å²) in [7, 11) is 1.64. The highest BCUT2D eigenvalue weighted by Gasteiger charge is 2.17. The van der Waals surface area contributed by atoms with Crippen molar-refractivity contribution in [1.29, 1.82) is 0 Å². The van der Waals surface area contributed by atoms with Crippen LogP contribution in [-0.2, 0) is 0 Å². The van der Waals surface area contributed by atoms with E-state index in [-0.39, 0.29) is 11.9 Å². The third kappa shape index (κ3) is 4.04. The summed E-state index contributed by atoms with van der Waals surface area (Å²) in [6.07, 6.45) is 7.41. The molecule has 1 saturated carbocycles. The predicted molar refractivity (Wildman–Crippen MR) is 94.9 cm³/mol. The number of amides is 1. The molecular formula is C19H23N3O2. The van der Waals surface area contributed by atoms with Crippen LogP contribution in [0.25, 0.3) is 0 Å². The predicted octanol–water partition coefficient (Wildman–Crippen LogP) is 3.90. The number of hydrogen-bond acceptors (Lipinski definition) is 4. The molecule has 1 aliphatic rings. The largest absolute Gasteiger partial charge is 0.495 e. The molecule has 1 aromatic carbocycles. The Morgan fingerprint density at radius 1 is 1.17 bits per heavy atom. The van der Waals surface area contributed by atoms with Gasteiger partial charge in [0.15, 0.2) is 0 Å². The molecule has 2 aromatic rings. The van der Waals surface area contributed by atoms with Gasteiger partial charge in [-0.05, 0) is 37.1 Å². The van der Waals surface area contributed by atoms with Gasteiger partial charge in [0, 0.05) is 17.9 Å². The molecule has 0 saturated heterocycles. The normalized spacial score (nSPS) is 14.9. The summed E-state index contributed by atoms with van der Waals surface area (Å²) in [5.41, 5.74) is 2.09. The first-order valence-electron chi connectivity index (χ1n) is 8.43. The van der Waals surface area contributed by atoms with Crippen molar-refractivity contribution in [3.05, 3.63) is 48.3 Å². The fraction of sp³-hybridized carbons (Fsp3) is 0.368. The van der Waals surface area contributed by atoms with E-state index >= 15 is 0 Å². The minimum atomic E-state index is -0.106. The lowest BCUT2D eigenvalue weighted by atomic mass is 9.95. The van der Waals surface area contributed by atoms with E-state index in [2.05, 4.69) is 15.6 Å². The third-order valence-corrected chi connectivity index (χ3v) is 4.32. The van der Waals surface area contributed by atoms with Crippen molar-refractivity contribution in [2.45, 2.75) is 38.1 Å². The molecule has 0 aliphatic heterocycles. The number of methoxy groups -OCH3 is 1. The highest BCUT2D eigenvalue weighted by Crippen LogP contribution is 2.27. The number of nitrogens with one attached hydrogen (secondary N) is 2. The van der Waals surface area contributed by atoms with Crippen molar-refractivity contribution in [3.63, 3.8) is 0 Å². The monoisotopic (exact) mass is 325 g/mol. The number of ether oxygens (including phenoxy) is 1. The van der Waals surface area contributed by atoms with Crippen LogP contribution in [0.3, 0.4) is 0 Å². The van der Waals surface area contributed by atoms with Crippen LogP contribution < -0.4 is 15.4 Å². The van der Waals surface area contributed by atoms with Gasteiger partial charge >= 0.3 is 0 Å². The van der Waals surface area contributed by atoms with Gasteiger partial charge in [0.05, 0.1) is 12.8 Å². The zero-order valence-corrected chi connectivity index (χ0v) is 13.9.